The Hall–Kier alpha value is -2.12. The number of carbonyl (C=O) groups excluding carboxylic acids is 1. The zero-order valence-electron chi connectivity index (χ0n) is 10.6. The molecule has 0 radical (unpaired) electrons. The van der Waals surface area contributed by atoms with E-state index in [0.29, 0.717) is 5.82 Å². The fraction of sp³-hybridized carbons (Fsp3) is 0.600. The molecule has 0 saturated heterocycles. The van der Waals surface area contributed by atoms with Crippen molar-refractivity contribution in [2.75, 3.05) is 13.6 Å². The molecule has 18 heavy (non-hydrogen) atoms. The van der Waals surface area contributed by atoms with Crippen LogP contribution in [0.3, 0.4) is 0 Å². The van der Waals surface area contributed by atoms with Gasteiger partial charge in [0.15, 0.2) is 0 Å². The monoisotopic (exact) mass is 255 g/mol. The molecular formula is C10H17N5O3. The van der Waals surface area contributed by atoms with Crippen LogP contribution < -0.4 is 0 Å². The van der Waals surface area contributed by atoms with E-state index in [0.717, 1.165) is 0 Å². The van der Waals surface area contributed by atoms with E-state index in [2.05, 4.69) is 15.2 Å². The molecule has 0 saturated carbocycles. The number of aromatic amines is 1. The fourth-order valence-electron chi connectivity index (χ4n) is 1.44. The van der Waals surface area contributed by atoms with Crippen molar-refractivity contribution < 1.29 is 14.7 Å². The van der Waals surface area contributed by atoms with Crippen LogP contribution in [0.15, 0.2) is 6.33 Å². The van der Waals surface area contributed by atoms with Gasteiger partial charge in [-0.25, -0.2) is 9.78 Å². The van der Waals surface area contributed by atoms with E-state index in [1.54, 1.807) is 20.9 Å². The standard InChI is InChI=1S/C10H17N5O3/c1-7(2)15(5-9(16)17)10(18)14(3)4-8-11-6-12-13-8/h6-7H,4-5H2,1-3H3,(H,16,17)(H,11,12,13). The van der Waals surface area contributed by atoms with E-state index >= 15 is 0 Å². The highest BCUT2D eigenvalue weighted by molar-refractivity contribution is 5.80. The Morgan fingerprint density at radius 3 is 2.61 bits per heavy atom. The van der Waals surface area contributed by atoms with Crippen molar-refractivity contribution in [3.63, 3.8) is 0 Å². The second-order valence-corrected chi connectivity index (χ2v) is 4.19. The zero-order valence-corrected chi connectivity index (χ0v) is 10.6. The number of hydrogen-bond acceptors (Lipinski definition) is 4. The third kappa shape index (κ3) is 3.72. The molecule has 2 amide bonds. The van der Waals surface area contributed by atoms with E-state index in [9.17, 15) is 9.59 Å². The Morgan fingerprint density at radius 1 is 1.50 bits per heavy atom. The predicted octanol–water partition coefficient (Wildman–Crippen LogP) is 0.152. The molecular weight excluding hydrogens is 238 g/mol. The van der Waals surface area contributed by atoms with Gasteiger partial charge in [-0.2, -0.15) is 5.10 Å². The lowest BCUT2D eigenvalue weighted by Gasteiger charge is -2.29. The van der Waals surface area contributed by atoms with Gasteiger partial charge in [0.2, 0.25) is 0 Å². The molecule has 0 spiro atoms. The van der Waals surface area contributed by atoms with Gasteiger partial charge < -0.3 is 14.9 Å². The van der Waals surface area contributed by atoms with Crippen molar-refractivity contribution in [2.45, 2.75) is 26.4 Å². The van der Waals surface area contributed by atoms with Crippen molar-refractivity contribution in [1.82, 2.24) is 25.0 Å². The quantitative estimate of drug-likeness (QED) is 0.779. The third-order valence-corrected chi connectivity index (χ3v) is 2.35. The van der Waals surface area contributed by atoms with Crippen LogP contribution in [0.25, 0.3) is 0 Å². The van der Waals surface area contributed by atoms with E-state index in [1.165, 1.54) is 16.1 Å². The Bertz CT molecular complexity index is 404. The second-order valence-electron chi connectivity index (χ2n) is 4.19. The number of amides is 2. The van der Waals surface area contributed by atoms with Crippen LogP contribution in [-0.2, 0) is 11.3 Å². The van der Waals surface area contributed by atoms with Crippen LogP contribution in [0.1, 0.15) is 19.7 Å². The molecule has 0 fully saturated rings. The summed E-state index contributed by atoms with van der Waals surface area (Å²) in [6, 6.07) is -0.547. The summed E-state index contributed by atoms with van der Waals surface area (Å²) in [4.78, 5) is 29.4. The Labute approximate surface area is 105 Å². The van der Waals surface area contributed by atoms with Crippen LogP contribution in [0.5, 0.6) is 0 Å². The predicted molar refractivity (Wildman–Crippen MR) is 62.7 cm³/mol. The topological polar surface area (TPSA) is 102 Å². The summed E-state index contributed by atoms with van der Waals surface area (Å²) in [5, 5.41) is 15.1. The van der Waals surface area contributed by atoms with Crippen molar-refractivity contribution in [1.29, 1.82) is 0 Å². The highest BCUT2D eigenvalue weighted by Gasteiger charge is 2.23. The summed E-state index contributed by atoms with van der Waals surface area (Å²) in [6.07, 6.45) is 1.35. The number of H-pyrrole nitrogens is 1. The highest BCUT2D eigenvalue weighted by atomic mass is 16.4. The van der Waals surface area contributed by atoms with Gasteiger partial charge in [-0.3, -0.25) is 9.89 Å². The van der Waals surface area contributed by atoms with Crippen LogP contribution in [0.4, 0.5) is 4.79 Å². The zero-order chi connectivity index (χ0) is 13.7. The number of carboxylic acid groups (broad SMARTS) is 1. The number of rotatable bonds is 5. The minimum absolute atomic E-state index is 0.189. The molecule has 0 unspecified atom stereocenters. The summed E-state index contributed by atoms with van der Waals surface area (Å²) in [6.45, 7) is 3.46. The summed E-state index contributed by atoms with van der Waals surface area (Å²) in [5.41, 5.74) is 0. The van der Waals surface area contributed by atoms with Crippen LogP contribution in [0, 0.1) is 0 Å². The normalized spacial score (nSPS) is 10.4. The molecule has 0 atom stereocenters. The lowest BCUT2D eigenvalue weighted by atomic mass is 10.3. The van der Waals surface area contributed by atoms with E-state index in [1.807, 2.05) is 0 Å². The number of aliphatic carboxylic acids is 1. The van der Waals surface area contributed by atoms with Gasteiger partial charge >= 0.3 is 12.0 Å². The fourth-order valence-corrected chi connectivity index (χ4v) is 1.44. The van der Waals surface area contributed by atoms with Gasteiger partial charge in [-0.1, -0.05) is 0 Å². The first-order valence-corrected chi connectivity index (χ1v) is 5.49. The Balaban J connectivity index is 2.67. The number of hydrogen-bond donors (Lipinski definition) is 2. The van der Waals surface area contributed by atoms with E-state index < -0.39 is 5.97 Å². The van der Waals surface area contributed by atoms with Crippen molar-refractivity contribution in [3.8, 4) is 0 Å². The van der Waals surface area contributed by atoms with Gasteiger partial charge in [0.05, 0.1) is 6.54 Å². The minimum Gasteiger partial charge on any atom is -0.480 e. The molecule has 1 rings (SSSR count). The van der Waals surface area contributed by atoms with Gasteiger partial charge in [-0.15, -0.1) is 0 Å². The molecule has 0 aromatic carbocycles. The average molecular weight is 255 g/mol. The maximum Gasteiger partial charge on any atom is 0.323 e. The van der Waals surface area contributed by atoms with Gasteiger partial charge in [0.25, 0.3) is 0 Å². The van der Waals surface area contributed by atoms with Crippen molar-refractivity contribution >= 4 is 12.0 Å². The molecule has 0 aliphatic carbocycles. The van der Waals surface area contributed by atoms with Gasteiger partial charge in [0.1, 0.15) is 18.7 Å². The molecule has 8 nitrogen and oxygen atoms in total. The number of nitrogens with one attached hydrogen (secondary N) is 1. The SMILES string of the molecule is CC(C)N(CC(=O)O)C(=O)N(C)Cc1ncn[nH]1. The molecule has 2 N–H and O–H groups in total. The Morgan fingerprint density at radius 2 is 2.17 bits per heavy atom. The first-order valence-electron chi connectivity index (χ1n) is 5.49. The molecule has 8 heteroatoms. The first kappa shape index (κ1) is 13.9. The van der Waals surface area contributed by atoms with Gasteiger partial charge in [-0.05, 0) is 13.8 Å². The molecule has 0 aliphatic heterocycles. The van der Waals surface area contributed by atoms with Crippen LogP contribution in [-0.4, -0.2) is 61.7 Å². The summed E-state index contributed by atoms with van der Waals surface area (Å²) >= 11 is 0. The van der Waals surface area contributed by atoms with Crippen molar-refractivity contribution in [2.24, 2.45) is 0 Å². The lowest BCUT2D eigenvalue weighted by molar-refractivity contribution is -0.138. The number of carbonyl (C=O) groups is 2. The number of urea groups is 1. The molecule has 0 aliphatic rings. The number of aromatic nitrogens is 3. The minimum atomic E-state index is -1.04. The summed E-state index contributed by atoms with van der Waals surface area (Å²) < 4.78 is 0. The van der Waals surface area contributed by atoms with Crippen molar-refractivity contribution in [3.05, 3.63) is 12.2 Å². The largest absolute Gasteiger partial charge is 0.480 e. The molecule has 1 heterocycles. The highest BCUT2D eigenvalue weighted by Crippen LogP contribution is 2.05. The number of nitrogens with zero attached hydrogens (tertiary/aromatic N) is 4. The molecule has 1 aromatic rings. The number of carboxylic acids is 1. The van der Waals surface area contributed by atoms with E-state index in [4.69, 9.17) is 5.11 Å². The lowest BCUT2D eigenvalue weighted by Crippen LogP contribution is -2.47. The summed E-state index contributed by atoms with van der Waals surface area (Å²) in [7, 11) is 1.59. The first-order chi connectivity index (χ1) is 8.41. The maximum atomic E-state index is 12.1. The van der Waals surface area contributed by atoms with Crippen LogP contribution in [0.2, 0.25) is 0 Å². The molecule has 100 valence electrons. The maximum absolute atomic E-state index is 12.1. The average Bonchev–Trinajstić information content (AvgIpc) is 2.77. The second kappa shape index (κ2) is 5.99. The molecule has 0 bridgehead atoms. The Kier molecular flexibility index (Phi) is 4.64. The third-order valence-electron chi connectivity index (χ3n) is 2.35. The van der Waals surface area contributed by atoms with Gasteiger partial charge in [0, 0.05) is 13.1 Å². The van der Waals surface area contributed by atoms with E-state index in [-0.39, 0.29) is 25.2 Å². The smallest absolute Gasteiger partial charge is 0.323 e. The van der Waals surface area contributed by atoms with Crippen LogP contribution >= 0.6 is 0 Å². The molecule has 1 aromatic heterocycles. The summed E-state index contributed by atoms with van der Waals surface area (Å²) in [5.74, 6) is -0.491.